The zero-order chi connectivity index (χ0) is 14.8. The summed E-state index contributed by atoms with van der Waals surface area (Å²) in [6.07, 6.45) is 0. The number of rotatable bonds is 3. The first-order chi connectivity index (χ1) is 10.1. The molecule has 0 spiro atoms. The normalized spacial score (nSPS) is 10.6. The van der Waals surface area contributed by atoms with E-state index in [-0.39, 0.29) is 5.91 Å². The van der Waals surface area contributed by atoms with Crippen LogP contribution in [0.5, 0.6) is 0 Å². The Labute approximate surface area is 126 Å². The van der Waals surface area contributed by atoms with Gasteiger partial charge in [0.1, 0.15) is 5.69 Å². The first kappa shape index (κ1) is 13.5. The Morgan fingerprint density at radius 1 is 1.29 bits per heavy atom. The predicted octanol–water partition coefficient (Wildman–Crippen LogP) is 3.10. The molecule has 0 aliphatic carbocycles. The molecule has 6 heteroatoms. The van der Waals surface area contributed by atoms with Gasteiger partial charge in [0.15, 0.2) is 5.13 Å². The molecule has 0 aliphatic heterocycles. The van der Waals surface area contributed by atoms with E-state index in [9.17, 15) is 4.79 Å². The minimum Gasteiger partial charge on any atom is -0.296 e. The SMILES string of the molecule is Cc1cc(C(=O)Nc2nc(-c3ccccc3)cs2)n(C)n1. The number of hydrogen-bond acceptors (Lipinski definition) is 4. The molecule has 0 saturated carbocycles. The fraction of sp³-hybridized carbons (Fsp3) is 0.133. The van der Waals surface area contributed by atoms with Crippen LogP contribution in [0.4, 0.5) is 5.13 Å². The van der Waals surface area contributed by atoms with E-state index in [4.69, 9.17) is 0 Å². The van der Waals surface area contributed by atoms with E-state index in [1.165, 1.54) is 11.3 Å². The Morgan fingerprint density at radius 3 is 2.71 bits per heavy atom. The smallest absolute Gasteiger partial charge is 0.275 e. The maximum atomic E-state index is 12.2. The molecule has 0 aliphatic rings. The number of thiazole rings is 1. The monoisotopic (exact) mass is 298 g/mol. The van der Waals surface area contributed by atoms with E-state index >= 15 is 0 Å². The summed E-state index contributed by atoms with van der Waals surface area (Å²) in [6, 6.07) is 11.6. The molecule has 21 heavy (non-hydrogen) atoms. The van der Waals surface area contributed by atoms with Gasteiger partial charge in [-0.05, 0) is 13.0 Å². The van der Waals surface area contributed by atoms with E-state index in [0.29, 0.717) is 10.8 Å². The van der Waals surface area contributed by atoms with Crippen molar-refractivity contribution >= 4 is 22.4 Å². The Morgan fingerprint density at radius 2 is 2.05 bits per heavy atom. The van der Waals surface area contributed by atoms with Gasteiger partial charge in [-0.2, -0.15) is 5.10 Å². The van der Waals surface area contributed by atoms with Gasteiger partial charge in [-0.3, -0.25) is 14.8 Å². The van der Waals surface area contributed by atoms with E-state index in [1.54, 1.807) is 17.8 Å². The van der Waals surface area contributed by atoms with Crippen LogP contribution in [-0.2, 0) is 7.05 Å². The molecule has 1 aromatic carbocycles. The Bertz CT molecular complexity index is 776. The summed E-state index contributed by atoms with van der Waals surface area (Å²) in [5.41, 5.74) is 3.22. The third-order valence-electron chi connectivity index (χ3n) is 3.03. The molecule has 3 rings (SSSR count). The lowest BCUT2D eigenvalue weighted by Crippen LogP contribution is -2.15. The lowest BCUT2D eigenvalue weighted by molar-refractivity contribution is 0.101. The number of hydrogen-bond donors (Lipinski definition) is 1. The molecule has 0 radical (unpaired) electrons. The summed E-state index contributed by atoms with van der Waals surface area (Å²) >= 11 is 1.41. The van der Waals surface area contributed by atoms with Crippen LogP contribution < -0.4 is 5.32 Å². The minimum absolute atomic E-state index is 0.202. The highest BCUT2D eigenvalue weighted by atomic mass is 32.1. The van der Waals surface area contributed by atoms with Gasteiger partial charge in [0.25, 0.3) is 5.91 Å². The molecule has 2 aromatic heterocycles. The molecule has 0 fully saturated rings. The summed E-state index contributed by atoms with van der Waals surface area (Å²) in [6.45, 7) is 1.85. The second-order valence-corrected chi connectivity index (χ2v) is 5.51. The van der Waals surface area contributed by atoms with E-state index < -0.39 is 0 Å². The van der Waals surface area contributed by atoms with E-state index in [0.717, 1.165) is 17.0 Å². The molecule has 1 amide bonds. The molecular weight excluding hydrogens is 284 g/mol. The van der Waals surface area contributed by atoms with Gasteiger partial charge in [0.05, 0.1) is 11.4 Å². The van der Waals surface area contributed by atoms with Crippen molar-refractivity contribution in [2.24, 2.45) is 7.05 Å². The molecule has 3 aromatic rings. The first-order valence-corrected chi connectivity index (χ1v) is 7.34. The van der Waals surface area contributed by atoms with Crippen molar-refractivity contribution in [3.05, 3.63) is 53.2 Å². The van der Waals surface area contributed by atoms with Crippen LogP contribution in [-0.4, -0.2) is 20.7 Å². The van der Waals surface area contributed by atoms with Crippen molar-refractivity contribution in [3.8, 4) is 11.3 Å². The quantitative estimate of drug-likeness (QED) is 0.808. The van der Waals surface area contributed by atoms with Crippen LogP contribution in [0.3, 0.4) is 0 Å². The minimum atomic E-state index is -0.202. The molecule has 5 nitrogen and oxygen atoms in total. The van der Waals surface area contributed by atoms with Crippen LogP contribution in [0.1, 0.15) is 16.2 Å². The maximum absolute atomic E-state index is 12.2. The first-order valence-electron chi connectivity index (χ1n) is 6.46. The van der Waals surface area contributed by atoms with Crippen molar-refractivity contribution in [1.29, 1.82) is 0 Å². The van der Waals surface area contributed by atoms with Gasteiger partial charge in [-0.1, -0.05) is 30.3 Å². The molecule has 0 unspecified atom stereocenters. The summed E-state index contributed by atoms with van der Waals surface area (Å²) in [5, 5.41) is 9.49. The second-order valence-electron chi connectivity index (χ2n) is 4.65. The van der Waals surface area contributed by atoms with Crippen LogP contribution in [0.15, 0.2) is 41.8 Å². The number of anilines is 1. The van der Waals surface area contributed by atoms with Crippen LogP contribution in [0, 0.1) is 6.92 Å². The van der Waals surface area contributed by atoms with Crippen LogP contribution >= 0.6 is 11.3 Å². The average Bonchev–Trinajstić information content (AvgIpc) is 3.06. The topological polar surface area (TPSA) is 59.8 Å². The zero-order valence-corrected chi connectivity index (χ0v) is 12.5. The standard InChI is InChI=1S/C15H14N4OS/c1-10-8-13(19(2)18-10)14(20)17-15-16-12(9-21-15)11-6-4-3-5-7-11/h3-9H,1-2H3,(H,16,17,20). The number of amides is 1. The molecule has 1 N–H and O–H groups in total. The summed E-state index contributed by atoms with van der Waals surface area (Å²) in [7, 11) is 1.75. The van der Waals surface area contributed by atoms with Crippen LogP contribution in [0.2, 0.25) is 0 Å². The maximum Gasteiger partial charge on any atom is 0.275 e. The third-order valence-corrected chi connectivity index (χ3v) is 3.79. The second kappa shape index (κ2) is 5.49. The lowest BCUT2D eigenvalue weighted by atomic mass is 10.2. The number of benzene rings is 1. The molecule has 0 bridgehead atoms. The molecule has 106 valence electrons. The number of aromatic nitrogens is 3. The molecule has 0 saturated heterocycles. The van der Waals surface area contributed by atoms with Gasteiger partial charge in [0.2, 0.25) is 0 Å². The molecule has 0 atom stereocenters. The Kier molecular flexibility index (Phi) is 3.53. The third kappa shape index (κ3) is 2.85. The van der Waals surface area contributed by atoms with E-state index in [2.05, 4.69) is 15.4 Å². The highest BCUT2D eigenvalue weighted by Gasteiger charge is 2.14. The predicted molar refractivity (Wildman–Crippen MR) is 83.4 cm³/mol. The van der Waals surface area contributed by atoms with Crippen molar-refractivity contribution in [1.82, 2.24) is 14.8 Å². The number of carbonyl (C=O) groups is 1. The van der Waals surface area contributed by atoms with Gasteiger partial charge < -0.3 is 0 Å². The summed E-state index contributed by atoms with van der Waals surface area (Å²) in [4.78, 5) is 16.6. The van der Waals surface area contributed by atoms with Crippen molar-refractivity contribution in [2.45, 2.75) is 6.92 Å². The summed E-state index contributed by atoms with van der Waals surface area (Å²) < 4.78 is 1.57. The number of nitrogens with zero attached hydrogens (tertiary/aromatic N) is 3. The highest BCUT2D eigenvalue weighted by molar-refractivity contribution is 7.14. The van der Waals surface area contributed by atoms with Gasteiger partial charge in [0, 0.05) is 18.0 Å². The molecule has 2 heterocycles. The van der Waals surface area contributed by atoms with Crippen molar-refractivity contribution in [3.63, 3.8) is 0 Å². The Hall–Kier alpha value is -2.47. The zero-order valence-electron chi connectivity index (χ0n) is 11.7. The number of aryl methyl sites for hydroxylation is 2. The molecular formula is C15H14N4OS. The van der Waals surface area contributed by atoms with Crippen molar-refractivity contribution in [2.75, 3.05) is 5.32 Å². The lowest BCUT2D eigenvalue weighted by Gasteiger charge is -2.01. The summed E-state index contributed by atoms with van der Waals surface area (Å²) in [5.74, 6) is -0.202. The van der Waals surface area contributed by atoms with Crippen molar-refractivity contribution < 1.29 is 4.79 Å². The fourth-order valence-electron chi connectivity index (χ4n) is 2.06. The number of nitrogens with one attached hydrogen (secondary N) is 1. The highest BCUT2D eigenvalue weighted by Crippen LogP contribution is 2.24. The Balaban J connectivity index is 1.79. The number of carbonyl (C=O) groups excluding carboxylic acids is 1. The fourth-order valence-corrected chi connectivity index (χ4v) is 2.77. The van der Waals surface area contributed by atoms with Crippen LogP contribution in [0.25, 0.3) is 11.3 Å². The van der Waals surface area contributed by atoms with E-state index in [1.807, 2.05) is 42.6 Å². The van der Waals surface area contributed by atoms with Gasteiger partial charge in [-0.25, -0.2) is 4.98 Å². The van der Waals surface area contributed by atoms with Gasteiger partial charge >= 0.3 is 0 Å². The average molecular weight is 298 g/mol. The van der Waals surface area contributed by atoms with Gasteiger partial charge in [-0.15, -0.1) is 11.3 Å². The largest absolute Gasteiger partial charge is 0.296 e.